The lowest BCUT2D eigenvalue weighted by Crippen LogP contribution is -2.48. The number of nitrogens with zero attached hydrogens (tertiary/aromatic N) is 2. The van der Waals surface area contributed by atoms with E-state index in [0.29, 0.717) is 18.5 Å². The summed E-state index contributed by atoms with van der Waals surface area (Å²) in [6.45, 7) is 1.68. The number of hydrogen-bond acceptors (Lipinski definition) is 5. The number of thiazole rings is 1. The molecule has 2 heterocycles. The number of aryl methyl sites for hydroxylation is 1. The van der Waals surface area contributed by atoms with Gasteiger partial charge in [-0.1, -0.05) is 31.4 Å². The number of aromatic nitrogens is 1. The molecule has 0 atom stereocenters. The van der Waals surface area contributed by atoms with Gasteiger partial charge in [-0.3, -0.25) is 14.5 Å². The van der Waals surface area contributed by atoms with Crippen LogP contribution < -0.4 is 10.6 Å². The van der Waals surface area contributed by atoms with Crippen LogP contribution in [0.2, 0.25) is 0 Å². The monoisotopic (exact) mass is 398 g/mol. The number of rotatable bonds is 4. The molecule has 1 saturated carbocycles. The van der Waals surface area contributed by atoms with E-state index in [2.05, 4.69) is 15.6 Å². The van der Waals surface area contributed by atoms with Crippen LogP contribution in [-0.2, 0) is 9.59 Å². The number of nitrogens with one attached hydrogen (secondary N) is 2. The lowest BCUT2D eigenvalue weighted by molar-refractivity contribution is -0.134. The molecule has 8 heteroatoms. The predicted octanol–water partition coefficient (Wildman–Crippen LogP) is 3.31. The molecule has 1 aromatic carbocycles. The molecule has 28 heavy (non-hydrogen) atoms. The average molecular weight is 398 g/mol. The van der Waals surface area contributed by atoms with E-state index in [4.69, 9.17) is 0 Å². The van der Waals surface area contributed by atoms with Gasteiger partial charge in [-0.05, 0) is 31.9 Å². The van der Waals surface area contributed by atoms with Gasteiger partial charge >= 0.3 is 6.03 Å². The fraction of sp³-hybridized carbons (Fsp3) is 0.400. The quantitative estimate of drug-likeness (QED) is 0.773. The van der Waals surface area contributed by atoms with Crippen LogP contribution in [-0.4, -0.2) is 39.8 Å². The summed E-state index contributed by atoms with van der Waals surface area (Å²) in [6, 6.07) is 6.87. The number of anilines is 1. The molecule has 2 aromatic rings. The summed E-state index contributed by atoms with van der Waals surface area (Å²) in [5.41, 5.74) is 1.68. The largest absolute Gasteiger partial charge is 0.325 e. The summed E-state index contributed by atoms with van der Waals surface area (Å²) >= 11 is 1.59. The highest BCUT2D eigenvalue weighted by Crippen LogP contribution is 2.33. The van der Waals surface area contributed by atoms with Crippen molar-refractivity contribution in [3.63, 3.8) is 0 Å². The van der Waals surface area contributed by atoms with Crippen molar-refractivity contribution in [2.24, 2.45) is 0 Å². The van der Waals surface area contributed by atoms with Gasteiger partial charge in [0, 0.05) is 16.6 Å². The minimum atomic E-state index is -0.803. The van der Waals surface area contributed by atoms with Crippen LogP contribution in [0.5, 0.6) is 0 Å². The van der Waals surface area contributed by atoms with E-state index in [-0.39, 0.29) is 12.5 Å². The van der Waals surface area contributed by atoms with Crippen LogP contribution in [0.3, 0.4) is 0 Å². The molecule has 2 N–H and O–H groups in total. The van der Waals surface area contributed by atoms with Crippen LogP contribution in [0.25, 0.3) is 11.3 Å². The fourth-order valence-electron chi connectivity index (χ4n) is 3.88. The van der Waals surface area contributed by atoms with Crippen molar-refractivity contribution in [2.45, 2.75) is 44.6 Å². The first kappa shape index (κ1) is 18.6. The molecule has 1 saturated heterocycles. The van der Waals surface area contributed by atoms with Crippen LogP contribution in [0.15, 0.2) is 29.6 Å². The second-order valence-electron chi connectivity index (χ2n) is 7.34. The summed E-state index contributed by atoms with van der Waals surface area (Å²) in [4.78, 5) is 42.9. The maximum absolute atomic E-state index is 12.7. The molecule has 2 aliphatic rings. The fourth-order valence-corrected chi connectivity index (χ4v) is 4.50. The second-order valence-corrected chi connectivity index (χ2v) is 8.40. The average Bonchev–Trinajstić information content (AvgIpc) is 3.21. The molecule has 2 fully saturated rings. The molecule has 0 radical (unpaired) electrons. The van der Waals surface area contributed by atoms with Gasteiger partial charge in [0.25, 0.3) is 5.91 Å². The van der Waals surface area contributed by atoms with Crippen molar-refractivity contribution in [3.8, 4) is 11.3 Å². The van der Waals surface area contributed by atoms with E-state index in [9.17, 15) is 14.4 Å². The zero-order valence-electron chi connectivity index (χ0n) is 15.7. The zero-order valence-corrected chi connectivity index (χ0v) is 16.5. The molecule has 7 nitrogen and oxygen atoms in total. The molecule has 1 aliphatic carbocycles. The lowest BCUT2D eigenvalue weighted by atomic mass is 9.82. The first-order valence-corrected chi connectivity index (χ1v) is 10.3. The predicted molar refractivity (Wildman–Crippen MR) is 107 cm³/mol. The standard InChI is InChI=1S/C20H22N4O3S/c1-13-21-16(12-28-13)14-5-7-15(8-6-14)22-17(25)11-24-18(26)20(23-19(24)27)9-3-2-4-10-20/h5-8,12H,2-4,9-11H2,1H3,(H,22,25)(H,23,27). The van der Waals surface area contributed by atoms with E-state index in [1.54, 1.807) is 23.5 Å². The summed E-state index contributed by atoms with van der Waals surface area (Å²) < 4.78 is 0. The minimum absolute atomic E-state index is 0.276. The molecule has 1 aromatic heterocycles. The lowest BCUT2D eigenvalue weighted by Gasteiger charge is -2.30. The minimum Gasteiger partial charge on any atom is -0.325 e. The van der Waals surface area contributed by atoms with Crippen LogP contribution in [0.1, 0.15) is 37.1 Å². The Morgan fingerprint density at radius 3 is 2.57 bits per heavy atom. The van der Waals surface area contributed by atoms with Crippen molar-refractivity contribution in [1.82, 2.24) is 15.2 Å². The number of carbonyl (C=O) groups is 3. The van der Waals surface area contributed by atoms with Gasteiger partial charge in [0.1, 0.15) is 12.1 Å². The van der Waals surface area contributed by atoms with Gasteiger partial charge in [-0.15, -0.1) is 11.3 Å². The van der Waals surface area contributed by atoms with E-state index in [1.807, 2.05) is 24.4 Å². The van der Waals surface area contributed by atoms with Gasteiger partial charge in [-0.2, -0.15) is 0 Å². The molecule has 1 aliphatic heterocycles. The van der Waals surface area contributed by atoms with E-state index in [0.717, 1.165) is 40.4 Å². The van der Waals surface area contributed by atoms with Gasteiger partial charge in [0.15, 0.2) is 0 Å². The van der Waals surface area contributed by atoms with Crippen molar-refractivity contribution in [1.29, 1.82) is 0 Å². The smallest absolute Gasteiger partial charge is 0.325 e. The van der Waals surface area contributed by atoms with E-state index in [1.165, 1.54) is 0 Å². The number of amides is 4. The second kappa shape index (κ2) is 7.35. The number of imide groups is 1. The summed E-state index contributed by atoms with van der Waals surface area (Å²) in [5.74, 6) is -0.671. The Bertz CT molecular complexity index is 916. The SMILES string of the molecule is Cc1nc(-c2ccc(NC(=O)CN3C(=O)NC4(CCCCC4)C3=O)cc2)cs1. The molecule has 4 amide bonds. The van der Waals surface area contributed by atoms with Gasteiger partial charge in [-0.25, -0.2) is 9.78 Å². The highest BCUT2D eigenvalue weighted by atomic mass is 32.1. The van der Waals surface area contributed by atoms with Gasteiger partial charge in [0.05, 0.1) is 10.7 Å². The van der Waals surface area contributed by atoms with Crippen molar-refractivity contribution in [3.05, 3.63) is 34.7 Å². The maximum Gasteiger partial charge on any atom is 0.325 e. The Hall–Kier alpha value is -2.74. The first-order valence-electron chi connectivity index (χ1n) is 9.43. The molecular weight excluding hydrogens is 376 g/mol. The summed E-state index contributed by atoms with van der Waals surface area (Å²) in [6.07, 6.45) is 4.19. The van der Waals surface area contributed by atoms with Crippen LogP contribution >= 0.6 is 11.3 Å². The Morgan fingerprint density at radius 2 is 1.93 bits per heavy atom. The third-order valence-electron chi connectivity index (χ3n) is 5.34. The first-order chi connectivity index (χ1) is 13.5. The summed E-state index contributed by atoms with van der Waals surface area (Å²) in [5, 5.41) is 8.56. The van der Waals surface area contributed by atoms with E-state index >= 15 is 0 Å². The third kappa shape index (κ3) is 3.52. The normalized spacial score (nSPS) is 18.4. The molecule has 0 bridgehead atoms. The molecule has 0 unspecified atom stereocenters. The summed E-state index contributed by atoms with van der Waals surface area (Å²) in [7, 11) is 0. The highest BCUT2D eigenvalue weighted by Gasteiger charge is 2.51. The molecule has 1 spiro atoms. The Labute approximate surface area is 167 Å². The van der Waals surface area contributed by atoms with Crippen molar-refractivity contribution < 1.29 is 14.4 Å². The molecule has 146 valence electrons. The number of carbonyl (C=O) groups excluding carboxylic acids is 3. The Balaban J connectivity index is 1.39. The van der Waals surface area contributed by atoms with Crippen molar-refractivity contribution in [2.75, 3.05) is 11.9 Å². The maximum atomic E-state index is 12.7. The van der Waals surface area contributed by atoms with Crippen LogP contribution in [0.4, 0.5) is 10.5 Å². The topological polar surface area (TPSA) is 91.4 Å². The van der Waals surface area contributed by atoms with Gasteiger partial charge in [0.2, 0.25) is 5.91 Å². The zero-order chi connectivity index (χ0) is 19.7. The molecule has 4 rings (SSSR count). The highest BCUT2D eigenvalue weighted by molar-refractivity contribution is 7.09. The van der Waals surface area contributed by atoms with Crippen molar-refractivity contribution >= 4 is 34.9 Å². The molecular formula is C20H22N4O3S. The number of benzene rings is 1. The Kier molecular flexibility index (Phi) is 4.89. The van der Waals surface area contributed by atoms with Gasteiger partial charge < -0.3 is 10.6 Å². The third-order valence-corrected chi connectivity index (χ3v) is 6.11. The van der Waals surface area contributed by atoms with E-state index < -0.39 is 17.5 Å². The Morgan fingerprint density at radius 1 is 1.21 bits per heavy atom. The van der Waals surface area contributed by atoms with Crippen LogP contribution in [0, 0.1) is 6.92 Å². The number of hydrogen-bond donors (Lipinski definition) is 2. The number of urea groups is 1.